The van der Waals surface area contributed by atoms with Crippen LogP contribution in [0.3, 0.4) is 0 Å². The molecule has 2 aromatic carbocycles. The van der Waals surface area contributed by atoms with Crippen molar-refractivity contribution in [1.29, 1.82) is 0 Å². The molecule has 46 heavy (non-hydrogen) atoms. The van der Waals surface area contributed by atoms with Crippen molar-refractivity contribution in [3.63, 3.8) is 0 Å². The number of anilines is 1. The molecule has 0 saturated carbocycles. The van der Waals surface area contributed by atoms with Crippen LogP contribution in [0.15, 0.2) is 88.1 Å². The number of fused-ring (bicyclic) bond motifs is 2. The zero-order chi connectivity index (χ0) is 33.0. The molecule has 8 heteroatoms. The van der Waals surface area contributed by atoms with Crippen LogP contribution >= 0.6 is 0 Å². The van der Waals surface area contributed by atoms with Crippen LogP contribution in [0.5, 0.6) is 0 Å². The fraction of sp³-hybridized carbons (Fsp3) is 0.447. The Morgan fingerprint density at radius 3 is 2.35 bits per heavy atom. The number of morpholine rings is 1. The van der Waals surface area contributed by atoms with Crippen molar-refractivity contribution in [1.82, 2.24) is 4.90 Å². The Hall–Kier alpha value is -3.46. The number of hydrogen-bond donors (Lipinski definition) is 0. The first-order valence-electron chi connectivity index (χ1n) is 16.6. The highest BCUT2D eigenvalue weighted by Crippen LogP contribution is 2.49. The van der Waals surface area contributed by atoms with Gasteiger partial charge in [0.25, 0.3) is 0 Å². The average Bonchev–Trinajstić information content (AvgIpc) is 3.59. The first kappa shape index (κ1) is 32.5. The van der Waals surface area contributed by atoms with E-state index in [1.165, 1.54) is 45.4 Å². The van der Waals surface area contributed by atoms with Crippen LogP contribution in [0.4, 0.5) is 11.4 Å². The molecule has 7 nitrogen and oxygen atoms in total. The molecule has 2 aromatic rings. The van der Waals surface area contributed by atoms with E-state index in [2.05, 4.69) is 105 Å². The molecule has 0 amide bonds. The highest BCUT2D eigenvalue weighted by molar-refractivity contribution is 7.85. The quantitative estimate of drug-likeness (QED) is 0.243. The number of ether oxygens (including phenoxy) is 1. The van der Waals surface area contributed by atoms with Gasteiger partial charge in [-0.05, 0) is 94.5 Å². The van der Waals surface area contributed by atoms with Crippen LogP contribution in [0, 0.1) is 6.92 Å². The van der Waals surface area contributed by atoms with Crippen LogP contribution in [0.1, 0.15) is 71.1 Å². The van der Waals surface area contributed by atoms with Crippen LogP contribution < -0.4 is 4.90 Å². The fourth-order valence-electron chi connectivity index (χ4n) is 7.87. The molecule has 0 spiro atoms. The second kappa shape index (κ2) is 12.0. The topological polar surface area (TPSA) is 75.9 Å². The lowest BCUT2D eigenvalue weighted by atomic mass is 9.80. The predicted molar refractivity (Wildman–Crippen MR) is 184 cm³/mol. The van der Waals surface area contributed by atoms with Gasteiger partial charge in [-0.1, -0.05) is 37.6 Å². The number of hydrogen-bond acceptors (Lipinski definition) is 6. The van der Waals surface area contributed by atoms with Crippen molar-refractivity contribution >= 4 is 27.2 Å². The maximum atomic E-state index is 11.9. The standard InChI is InChI=1S/C38H47N3O4S/c1-8-40-32-16-10-26(3)24-30(32)37(4,5)34(40)18-13-27-11-12-28(36(27)39-20-22-45-23-21-39)14-19-35-38(6,7)31-25-29(46(42,43)44)15-17-33(31)41(35)9-2/h10,13-19,24-25H,8-9,11-12,20-23H2,1-7H3. The molecular formula is C38H47N3O4S. The van der Waals surface area contributed by atoms with Gasteiger partial charge in [0.15, 0.2) is 5.71 Å². The first-order valence-corrected chi connectivity index (χ1v) is 18.0. The minimum absolute atomic E-state index is 0.0901. The SMILES string of the molecule is CCN1/C(=C/C=C2\CCC(/C=C/C3=[N+](CC)c4ccc(C)cc4C3(C)C)=C2N2CCOCC2)C(C)(C)c2cc(S(=O)(=O)[O-])ccc21. The fourth-order valence-corrected chi connectivity index (χ4v) is 8.37. The van der Waals surface area contributed by atoms with E-state index in [9.17, 15) is 13.0 Å². The molecule has 0 bridgehead atoms. The summed E-state index contributed by atoms with van der Waals surface area (Å²) in [5, 5.41) is 0. The number of benzene rings is 2. The number of nitrogens with zero attached hydrogens (tertiary/aromatic N) is 3. The molecule has 244 valence electrons. The molecule has 3 aliphatic heterocycles. The Balaban J connectivity index is 1.40. The zero-order valence-corrected chi connectivity index (χ0v) is 29.1. The lowest BCUT2D eigenvalue weighted by Crippen LogP contribution is -2.36. The molecule has 1 saturated heterocycles. The van der Waals surface area contributed by atoms with Gasteiger partial charge in [-0.3, -0.25) is 0 Å². The summed E-state index contributed by atoms with van der Waals surface area (Å²) < 4.78 is 43.8. The van der Waals surface area contributed by atoms with Crippen molar-refractivity contribution in [2.24, 2.45) is 0 Å². The Labute approximate surface area is 275 Å². The Kier molecular flexibility index (Phi) is 8.45. The molecule has 6 rings (SSSR count). The summed E-state index contributed by atoms with van der Waals surface area (Å²) in [5.41, 5.74) is 11.6. The molecule has 4 aliphatic rings. The van der Waals surface area contributed by atoms with Gasteiger partial charge in [0, 0.05) is 59.8 Å². The first-order chi connectivity index (χ1) is 21.8. The van der Waals surface area contributed by atoms with E-state index in [0.29, 0.717) is 13.2 Å². The maximum Gasteiger partial charge on any atom is 0.209 e. The number of allylic oxidation sites excluding steroid dienone is 7. The molecule has 0 atom stereocenters. The highest BCUT2D eigenvalue weighted by Gasteiger charge is 2.44. The Morgan fingerprint density at radius 1 is 0.935 bits per heavy atom. The third-order valence-corrected chi connectivity index (χ3v) is 11.1. The maximum absolute atomic E-state index is 11.9. The van der Waals surface area contributed by atoms with Gasteiger partial charge in [0.05, 0.1) is 23.5 Å². The third-order valence-electron chi connectivity index (χ3n) is 10.3. The molecule has 0 radical (unpaired) electrons. The molecule has 3 heterocycles. The van der Waals surface area contributed by atoms with Crippen molar-refractivity contribution in [2.75, 3.05) is 44.3 Å². The van der Waals surface area contributed by atoms with Gasteiger partial charge in [-0.25, -0.2) is 8.42 Å². The number of aryl methyl sites for hydroxylation is 1. The minimum Gasteiger partial charge on any atom is -0.744 e. The summed E-state index contributed by atoms with van der Waals surface area (Å²) in [6.45, 7) is 20.2. The smallest absolute Gasteiger partial charge is 0.209 e. The van der Waals surface area contributed by atoms with Crippen LogP contribution in [0.25, 0.3) is 0 Å². The number of rotatable bonds is 7. The summed E-state index contributed by atoms with van der Waals surface area (Å²) >= 11 is 0. The normalized spacial score (nSPS) is 22.6. The molecule has 1 aliphatic carbocycles. The Bertz CT molecular complexity index is 1840. The predicted octanol–water partition coefficient (Wildman–Crippen LogP) is 6.86. The summed E-state index contributed by atoms with van der Waals surface area (Å²) in [6, 6.07) is 11.6. The second-order valence-electron chi connectivity index (χ2n) is 13.8. The van der Waals surface area contributed by atoms with Crippen LogP contribution in [-0.2, 0) is 25.7 Å². The minimum atomic E-state index is -4.54. The van der Waals surface area contributed by atoms with E-state index < -0.39 is 15.5 Å². The monoisotopic (exact) mass is 641 g/mol. The highest BCUT2D eigenvalue weighted by atomic mass is 32.2. The lowest BCUT2D eigenvalue weighted by molar-refractivity contribution is -0.433. The Morgan fingerprint density at radius 2 is 1.67 bits per heavy atom. The van der Waals surface area contributed by atoms with E-state index >= 15 is 0 Å². The van der Waals surface area contributed by atoms with Gasteiger partial charge in [0.2, 0.25) is 5.69 Å². The van der Waals surface area contributed by atoms with Gasteiger partial charge < -0.3 is 19.1 Å². The van der Waals surface area contributed by atoms with Gasteiger partial charge in [0.1, 0.15) is 16.7 Å². The van der Waals surface area contributed by atoms with E-state index in [1.54, 1.807) is 12.1 Å². The lowest BCUT2D eigenvalue weighted by Gasteiger charge is -2.31. The third kappa shape index (κ3) is 5.48. The van der Waals surface area contributed by atoms with Gasteiger partial charge in [-0.2, -0.15) is 4.58 Å². The largest absolute Gasteiger partial charge is 0.744 e. The zero-order valence-electron chi connectivity index (χ0n) is 28.3. The summed E-state index contributed by atoms with van der Waals surface area (Å²) in [5.74, 6) is 0. The van der Waals surface area contributed by atoms with Crippen molar-refractivity contribution in [2.45, 2.75) is 77.0 Å². The second-order valence-corrected chi connectivity index (χ2v) is 15.2. The van der Waals surface area contributed by atoms with E-state index in [4.69, 9.17) is 4.74 Å². The molecule has 0 N–H and O–H groups in total. The van der Waals surface area contributed by atoms with Crippen LogP contribution in [-0.4, -0.2) is 67.6 Å². The van der Waals surface area contributed by atoms with E-state index in [0.717, 1.165) is 56.0 Å². The average molecular weight is 642 g/mol. The van der Waals surface area contributed by atoms with Gasteiger partial charge in [-0.15, -0.1) is 0 Å². The molecule has 0 unspecified atom stereocenters. The van der Waals surface area contributed by atoms with Crippen molar-refractivity contribution in [3.05, 3.63) is 99.9 Å². The summed E-state index contributed by atoms with van der Waals surface area (Å²) in [7, 11) is -4.54. The van der Waals surface area contributed by atoms with Crippen LogP contribution in [0.2, 0.25) is 0 Å². The van der Waals surface area contributed by atoms with Crippen molar-refractivity contribution in [3.8, 4) is 0 Å². The van der Waals surface area contributed by atoms with E-state index in [-0.39, 0.29) is 10.3 Å². The van der Waals surface area contributed by atoms with Crippen molar-refractivity contribution < 1.29 is 22.3 Å². The molecular weight excluding hydrogens is 595 g/mol. The number of likely N-dealkylation sites (N-methyl/N-ethyl adjacent to an activating group) is 1. The molecule has 0 aromatic heterocycles. The molecule has 1 fully saturated rings. The summed E-state index contributed by atoms with van der Waals surface area (Å²) in [4.78, 5) is 4.54. The van der Waals surface area contributed by atoms with Gasteiger partial charge >= 0.3 is 0 Å². The van der Waals surface area contributed by atoms with E-state index in [1.807, 2.05) is 0 Å². The summed E-state index contributed by atoms with van der Waals surface area (Å²) in [6.07, 6.45) is 11.1.